The number of carbonyl (C=O) groups is 1. The molecule has 0 unspecified atom stereocenters. The maximum absolute atomic E-state index is 13.4. The number of rotatable bonds is 4. The van der Waals surface area contributed by atoms with Crippen LogP contribution >= 0.6 is 23.2 Å². The number of hydrogen-bond donors (Lipinski definition) is 2. The van der Waals surface area contributed by atoms with Gasteiger partial charge in [-0.3, -0.25) is 9.78 Å². The summed E-state index contributed by atoms with van der Waals surface area (Å²) in [6.07, 6.45) is 3.19. The first-order valence-corrected chi connectivity index (χ1v) is 11.0. The first kappa shape index (κ1) is 22.1. The Morgan fingerprint density at radius 1 is 1.12 bits per heavy atom. The van der Waals surface area contributed by atoms with Gasteiger partial charge in [0.1, 0.15) is 11.9 Å². The molecule has 1 amide bonds. The summed E-state index contributed by atoms with van der Waals surface area (Å²) in [6.45, 7) is 1.79. The molecule has 3 heterocycles. The van der Waals surface area contributed by atoms with E-state index in [0.29, 0.717) is 49.9 Å². The predicted molar refractivity (Wildman–Crippen MR) is 129 cm³/mol. The van der Waals surface area contributed by atoms with Crippen molar-refractivity contribution in [3.05, 3.63) is 99.7 Å². The number of benzene rings is 2. The third-order valence-electron chi connectivity index (χ3n) is 5.38. The minimum absolute atomic E-state index is 0.335. The van der Waals surface area contributed by atoms with Gasteiger partial charge in [-0.25, -0.2) is 9.07 Å². The Morgan fingerprint density at radius 2 is 1.91 bits per heavy atom. The molecule has 2 aromatic heterocycles. The lowest BCUT2D eigenvalue weighted by Crippen LogP contribution is -2.31. The molecule has 5 rings (SSSR count). The van der Waals surface area contributed by atoms with Gasteiger partial charge in [0.05, 0.1) is 27.5 Å². The molecule has 0 bridgehead atoms. The summed E-state index contributed by atoms with van der Waals surface area (Å²) >= 11 is 12.5. The Hall–Kier alpha value is -3.75. The monoisotopic (exact) mass is 494 g/mol. The summed E-state index contributed by atoms with van der Waals surface area (Å²) in [6, 6.07) is 13.9. The summed E-state index contributed by atoms with van der Waals surface area (Å²) < 4.78 is 15.0. The number of hydrogen-bond acceptors (Lipinski definition) is 5. The van der Waals surface area contributed by atoms with Crippen molar-refractivity contribution in [1.29, 1.82) is 0 Å². The van der Waals surface area contributed by atoms with E-state index >= 15 is 0 Å². The molecule has 10 heteroatoms. The van der Waals surface area contributed by atoms with Crippen LogP contribution in [0, 0.1) is 5.82 Å². The van der Waals surface area contributed by atoms with Crippen molar-refractivity contribution in [2.45, 2.75) is 13.0 Å². The quantitative estimate of drug-likeness (QED) is 0.379. The van der Waals surface area contributed by atoms with E-state index < -0.39 is 6.04 Å². The Morgan fingerprint density at radius 3 is 2.62 bits per heavy atom. The van der Waals surface area contributed by atoms with Crippen molar-refractivity contribution < 1.29 is 9.18 Å². The van der Waals surface area contributed by atoms with Crippen LogP contribution in [0.3, 0.4) is 0 Å². The zero-order valence-corrected chi connectivity index (χ0v) is 19.3. The highest BCUT2D eigenvalue weighted by molar-refractivity contribution is 6.42. The van der Waals surface area contributed by atoms with E-state index in [0.717, 1.165) is 0 Å². The van der Waals surface area contributed by atoms with Crippen LogP contribution in [-0.2, 0) is 4.79 Å². The van der Waals surface area contributed by atoms with E-state index in [1.54, 1.807) is 66.5 Å². The largest absolute Gasteiger partial charge is 0.328 e. The molecule has 34 heavy (non-hydrogen) atoms. The Balaban J connectivity index is 1.62. The summed E-state index contributed by atoms with van der Waals surface area (Å²) in [4.78, 5) is 22.1. The van der Waals surface area contributed by atoms with Gasteiger partial charge in [0.15, 0.2) is 5.82 Å². The molecule has 1 atom stereocenters. The van der Waals surface area contributed by atoms with Crippen LogP contribution in [0.2, 0.25) is 10.0 Å². The van der Waals surface area contributed by atoms with Gasteiger partial charge >= 0.3 is 0 Å². The average Bonchev–Trinajstić information content (AvgIpc) is 3.24. The van der Waals surface area contributed by atoms with Gasteiger partial charge in [-0.15, -0.1) is 5.10 Å². The summed E-state index contributed by atoms with van der Waals surface area (Å²) in [5.74, 6) is 0.130. The lowest BCUT2D eigenvalue weighted by Gasteiger charge is -2.28. The second-order valence-electron chi connectivity index (χ2n) is 7.65. The number of nitrogens with one attached hydrogen (secondary N) is 2. The van der Waals surface area contributed by atoms with Gasteiger partial charge in [-0.1, -0.05) is 29.3 Å². The lowest BCUT2D eigenvalue weighted by atomic mass is 9.95. The van der Waals surface area contributed by atoms with Gasteiger partial charge in [0.25, 0.3) is 5.91 Å². The number of fused-ring (bicyclic) bond motifs is 1. The molecule has 4 aromatic rings. The topological polar surface area (TPSA) is 84.7 Å². The molecule has 170 valence electrons. The summed E-state index contributed by atoms with van der Waals surface area (Å²) in [5, 5.41) is 11.4. The zero-order valence-electron chi connectivity index (χ0n) is 17.8. The standard InChI is InChI=1S/C24H17Cl2FN6O/c1-13-20(23(34)30-17-3-2-10-28-12-17)21(15-6-9-18(25)19(26)11-15)33-24(29-13)31-22(32-33)14-4-7-16(27)8-5-14/h2-12,21H,1H3,(H,30,34)(H,29,31,32)/t21-/m0/s1. The number of nitrogens with zero attached hydrogens (tertiary/aromatic N) is 4. The third-order valence-corrected chi connectivity index (χ3v) is 6.12. The third kappa shape index (κ3) is 4.13. The molecule has 0 saturated carbocycles. The molecule has 1 aliphatic rings. The molecule has 0 spiro atoms. The Bertz CT molecular complexity index is 1420. The molecule has 2 N–H and O–H groups in total. The molecule has 0 saturated heterocycles. The maximum atomic E-state index is 13.4. The average molecular weight is 495 g/mol. The number of halogens is 3. The predicted octanol–water partition coefficient (Wildman–Crippen LogP) is 5.71. The number of anilines is 2. The highest BCUT2D eigenvalue weighted by Gasteiger charge is 2.34. The van der Waals surface area contributed by atoms with E-state index in [1.807, 2.05) is 0 Å². The van der Waals surface area contributed by atoms with E-state index in [4.69, 9.17) is 23.2 Å². The molecule has 0 fully saturated rings. The number of allylic oxidation sites excluding steroid dienone is 1. The second-order valence-corrected chi connectivity index (χ2v) is 8.46. The van der Waals surface area contributed by atoms with Crippen LogP contribution < -0.4 is 10.6 Å². The lowest BCUT2D eigenvalue weighted by molar-refractivity contribution is -0.113. The maximum Gasteiger partial charge on any atom is 0.255 e. The first-order chi connectivity index (χ1) is 16.4. The molecule has 0 aliphatic carbocycles. The van der Waals surface area contributed by atoms with Gasteiger partial charge in [-0.05, 0) is 61.0 Å². The Labute approximate surface area is 204 Å². The summed E-state index contributed by atoms with van der Waals surface area (Å²) in [7, 11) is 0. The summed E-state index contributed by atoms with van der Waals surface area (Å²) in [5.41, 5.74) is 2.91. The van der Waals surface area contributed by atoms with E-state index in [9.17, 15) is 9.18 Å². The van der Waals surface area contributed by atoms with E-state index in [1.165, 1.54) is 12.1 Å². The van der Waals surface area contributed by atoms with Crippen molar-refractivity contribution in [2.75, 3.05) is 10.6 Å². The number of pyridine rings is 1. The molecule has 1 aliphatic heterocycles. The van der Waals surface area contributed by atoms with Crippen LogP contribution in [0.5, 0.6) is 0 Å². The minimum atomic E-state index is -0.649. The number of carbonyl (C=O) groups excluding carboxylic acids is 1. The fourth-order valence-electron chi connectivity index (χ4n) is 3.79. The highest BCUT2D eigenvalue weighted by atomic mass is 35.5. The number of aromatic nitrogens is 4. The Kier molecular flexibility index (Phi) is 5.77. The second kappa shape index (κ2) is 8.89. The van der Waals surface area contributed by atoms with Crippen LogP contribution in [0.1, 0.15) is 18.5 Å². The normalized spacial score (nSPS) is 15.0. The highest BCUT2D eigenvalue weighted by Crippen LogP contribution is 2.38. The SMILES string of the molecule is CC1=C(C(=O)Nc2cccnc2)[C@H](c2ccc(Cl)c(Cl)c2)n2nc(-c3ccc(F)cc3)nc2N1. The van der Waals surface area contributed by atoms with Crippen LogP contribution in [0.25, 0.3) is 11.4 Å². The fraction of sp³-hybridized carbons (Fsp3) is 0.0833. The first-order valence-electron chi connectivity index (χ1n) is 10.3. The molecular weight excluding hydrogens is 478 g/mol. The van der Waals surface area contributed by atoms with Crippen molar-refractivity contribution in [3.63, 3.8) is 0 Å². The molecule has 0 radical (unpaired) electrons. The van der Waals surface area contributed by atoms with Gasteiger partial charge in [-0.2, -0.15) is 4.98 Å². The smallest absolute Gasteiger partial charge is 0.255 e. The molecule has 7 nitrogen and oxygen atoms in total. The zero-order chi connectivity index (χ0) is 23.8. The van der Waals surface area contributed by atoms with Crippen molar-refractivity contribution in [1.82, 2.24) is 19.7 Å². The van der Waals surface area contributed by atoms with Gasteiger partial charge in [0.2, 0.25) is 5.95 Å². The fourth-order valence-corrected chi connectivity index (χ4v) is 4.10. The van der Waals surface area contributed by atoms with Crippen LogP contribution in [-0.4, -0.2) is 25.7 Å². The van der Waals surface area contributed by atoms with E-state index in [2.05, 4.69) is 25.7 Å². The van der Waals surface area contributed by atoms with Crippen molar-refractivity contribution in [3.8, 4) is 11.4 Å². The van der Waals surface area contributed by atoms with Crippen molar-refractivity contribution in [2.24, 2.45) is 0 Å². The van der Waals surface area contributed by atoms with E-state index in [-0.39, 0.29) is 11.7 Å². The molecule has 2 aromatic carbocycles. The minimum Gasteiger partial charge on any atom is -0.328 e. The molecular formula is C24H17Cl2FN6O. The van der Waals surface area contributed by atoms with Gasteiger partial charge in [0, 0.05) is 17.5 Å². The van der Waals surface area contributed by atoms with Gasteiger partial charge < -0.3 is 10.6 Å². The van der Waals surface area contributed by atoms with Crippen LogP contribution in [0.4, 0.5) is 16.0 Å². The number of amides is 1. The van der Waals surface area contributed by atoms with Crippen molar-refractivity contribution >= 4 is 40.7 Å². The van der Waals surface area contributed by atoms with Crippen LogP contribution in [0.15, 0.2) is 78.3 Å².